The van der Waals surface area contributed by atoms with Crippen molar-refractivity contribution in [2.24, 2.45) is 0 Å². The number of methoxy groups -OCH3 is 1. The smallest absolute Gasteiger partial charge is 0.337 e. The van der Waals surface area contributed by atoms with Crippen LogP contribution >= 0.6 is 23.2 Å². The molecule has 9 nitrogen and oxygen atoms in total. The Balaban J connectivity index is 2.09. The number of nitrogens with zero attached hydrogens (tertiary/aromatic N) is 1. The first-order chi connectivity index (χ1) is 15.0. The standard InChI is InChI=1S/C20H16Cl2N2O7S/c1-31-17-5-2-13(21)7-11(17)6-12-9-23-18(25)10-24(19(12)26)32(29,30)14-3-4-16(22)15(8-14)20(27)28/h2-8H,9-10H2,1H3,(H,23,25)(H,27,28)/b12-6+. The molecule has 0 unspecified atom stereocenters. The SMILES string of the molecule is COc1ccc(Cl)cc1/C=C1\CNC(=O)CN(S(=O)(=O)c2ccc(Cl)c(C(=O)O)c2)C1=O. The molecule has 0 radical (unpaired) electrons. The van der Waals surface area contributed by atoms with Gasteiger partial charge in [0, 0.05) is 22.7 Å². The Bertz CT molecular complexity index is 1260. The minimum atomic E-state index is -4.59. The van der Waals surface area contributed by atoms with Crippen molar-refractivity contribution >= 4 is 57.1 Å². The average molecular weight is 499 g/mol. The second kappa shape index (κ2) is 9.19. The van der Waals surface area contributed by atoms with Crippen molar-refractivity contribution in [3.8, 4) is 5.75 Å². The lowest BCUT2D eigenvalue weighted by molar-refractivity contribution is -0.127. The van der Waals surface area contributed by atoms with Crippen LogP contribution in [0.25, 0.3) is 6.08 Å². The molecule has 2 aromatic rings. The minimum Gasteiger partial charge on any atom is -0.496 e. The summed E-state index contributed by atoms with van der Waals surface area (Å²) >= 11 is 11.8. The zero-order valence-electron chi connectivity index (χ0n) is 16.5. The van der Waals surface area contributed by atoms with Crippen LogP contribution in [0.3, 0.4) is 0 Å². The molecule has 12 heteroatoms. The van der Waals surface area contributed by atoms with Crippen molar-refractivity contribution in [3.05, 3.63) is 63.1 Å². The number of amides is 2. The van der Waals surface area contributed by atoms with Crippen molar-refractivity contribution in [2.75, 3.05) is 20.2 Å². The van der Waals surface area contributed by atoms with Crippen LogP contribution in [-0.4, -0.2) is 55.8 Å². The number of benzene rings is 2. The van der Waals surface area contributed by atoms with E-state index < -0.39 is 44.8 Å². The fraction of sp³-hybridized carbons (Fsp3) is 0.150. The van der Waals surface area contributed by atoms with Crippen LogP contribution in [0, 0.1) is 0 Å². The lowest BCUT2D eigenvalue weighted by Gasteiger charge is -2.20. The fourth-order valence-electron chi connectivity index (χ4n) is 2.96. The maximum Gasteiger partial charge on any atom is 0.337 e. The van der Waals surface area contributed by atoms with Crippen LogP contribution in [0.2, 0.25) is 10.0 Å². The number of carboxylic acids is 1. The van der Waals surface area contributed by atoms with Gasteiger partial charge in [0.1, 0.15) is 12.3 Å². The summed E-state index contributed by atoms with van der Waals surface area (Å²) in [5.41, 5.74) is -0.109. The van der Waals surface area contributed by atoms with Crippen LogP contribution in [-0.2, 0) is 19.6 Å². The van der Waals surface area contributed by atoms with E-state index in [2.05, 4.69) is 5.32 Å². The van der Waals surface area contributed by atoms with Crippen molar-refractivity contribution in [1.82, 2.24) is 9.62 Å². The molecular weight excluding hydrogens is 483 g/mol. The summed E-state index contributed by atoms with van der Waals surface area (Å²) in [6.45, 7) is -1.02. The molecule has 0 spiro atoms. The lowest BCUT2D eigenvalue weighted by Crippen LogP contribution is -2.40. The van der Waals surface area contributed by atoms with Crippen LogP contribution in [0.5, 0.6) is 5.75 Å². The number of nitrogens with one attached hydrogen (secondary N) is 1. The predicted octanol–water partition coefficient (Wildman–Crippen LogP) is 2.43. The van der Waals surface area contributed by atoms with Gasteiger partial charge >= 0.3 is 5.97 Å². The quantitative estimate of drug-likeness (QED) is 0.605. The zero-order valence-corrected chi connectivity index (χ0v) is 18.8. The van der Waals surface area contributed by atoms with E-state index in [1.54, 1.807) is 12.1 Å². The Hall–Kier alpha value is -3.08. The Morgan fingerprint density at radius 2 is 1.91 bits per heavy atom. The number of carboxylic acid groups (broad SMARTS) is 1. The van der Waals surface area contributed by atoms with Gasteiger partial charge in [-0.05, 0) is 42.5 Å². The topological polar surface area (TPSA) is 130 Å². The average Bonchev–Trinajstić information content (AvgIpc) is 2.87. The third-order valence-corrected chi connectivity index (χ3v) is 6.83. The monoisotopic (exact) mass is 498 g/mol. The van der Waals surface area contributed by atoms with Crippen LogP contribution in [0.15, 0.2) is 46.9 Å². The molecule has 0 aromatic heterocycles. The van der Waals surface area contributed by atoms with E-state index in [0.29, 0.717) is 20.6 Å². The highest BCUT2D eigenvalue weighted by atomic mass is 35.5. The highest BCUT2D eigenvalue weighted by molar-refractivity contribution is 7.89. The number of sulfonamides is 1. The molecule has 2 N–H and O–H groups in total. The van der Waals surface area contributed by atoms with E-state index in [1.807, 2.05) is 0 Å². The van der Waals surface area contributed by atoms with Gasteiger partial charge in [0.15, 0.2) is 0 Å². The van der Waals surface area contributed by atoms with Gasteiger partial charge < -0.3 is 15.2 Å². The Kier molecular flexibility index (Phi) is 6.77. The van der Waals surface area contributed by atoms with Crippen LogP contribution in [0.1, 0.15) is 15.9 Å². The summed E-state index contributed by atoms with van der Waals surface area (Å²) in [5.74, 6) is -2.74. The molecule has 168 valence electrons. The molecule has 32 heavy (non-hydrogen) atoms. The largest absolute Gasteiger partial charge is 0.496 e. The molecule has 1 fully saturated rings. The fourth-order valence-corrected chi connectivity index (χ4v) is 4.72. The summed E-state index contributed by atoms with van der Waals surface area (Å²) in [4.78, 5) is 36.2. The van der Waals surface area contributed by atoms with Gasteiger partial charge in [-0.1, -0.05) is 23.2 Å². The summed E-state index contributed by atoms with van der Waals surface area (Å²) < 4.78 is 32.0. The van der Waals surface area contributed by atoms with Gasteiger partial charge in [-0.2, -0.15) is 0 Å². The van der Waals surface area contributed by atoms with E-state index >= 15 is 0 Å². The normalized spacial score (nSPS) is 16.0. The molecule has 1 saturated heterocycles. The van der Waals surface area contributed by atoms with E-state index in [9.17, 15) is 27.9 Å². The summed E-state index contributed by atoms with van der Waals surface area (Å²) in [6.07, 6.45) is 1.37. The number of hydrogen-bond donors (Lipinski definition) is 2. The third kappa shape index (κ3) is 4.72. The van der Waals surface area contributed by atoms with Crippen molar-refractivity contribution in [3.63, 3.8) is 0 Å². The minimum absolute atomic E-state index is 0.0487. The molecule has 3 rings (SSSR count). The number of ether oxygens (including phenoxy) is 1. The van der Waals surface area contributed by atoms with Crippen molar-refractivity contribution in [1.29, 1.82) is 0 Å². The highest BCUT2D eigenvalue weighted by Gasteiger charge is 2.36. The third-order valence-electron chi connectivity index (χ3n) is 4.54. The first-order valence-corrected chi connectivity index (χ1v) is 11.1. The lowest BCUT2D eigenvalue weighted by atomic mass is 10.1. The zero-order chi connectivity index (χ0) is 23.6. The molecule has 0 saturated carbocycles. The van der Waals surface area contributed by atoms with Crippen LogP contribution in [0.4, 0.5) is 0 Å². The summed E-state index contributed by atoms with van der Waals surface area (Å²) in [7, 11) is -3.17. The maximum atomic E-state index is 13.2. The molecule has 0 bridgehead atoms. The van der Waals surface area contributed by atoms with Gasteiger partial charge in [-0.3, -0.25) is 9.59 Å². The van der Waals surface area contributed by atoms with Gasteiger partial charge in [0.05, 0.1) is 22.6 Å². The summed E-state index contributed by atoms with van der Waals surface area (Å²) in [5, 5.41) is 11.9. The Labute approximate surface area is 193 Å². The summed E-state index contributed by atoms with van der Waals surface area (Å²) in [6, 6.07) is 7.65. The molecule has 1 aliphatic rings. The van der Waals surface area contributed by atoms with E-state index in [-0.39, 0.29) is 17.1 Å². The van der Waals surface area contributed by atoms with Gasteiger partial charge in [-0.15, -0.1) is 0 Å². The van der Waals surface area contributed by atoms with Gasteiger partial charge in [-0.25, -0.2) is 17.5 Å². The highest BCUT2D eigenvalue weighted by Crippen LogP contribution is 2.28. The molecule has 1 heterocycles. The number of aromatic carboxylic acids is 1. The number of halogens is 2. The van der Waals surface area contributed by atoms with E-state index in [4.69, 9.17) is 27.9 Å². The number of hydrogen-bond acceptors (Lipinski definition) is 6. The molecule has 0 atom stereocenters. The molecular formula is C20H16Cl2N2O7S. The second-order valence-electron chi connectivity index (χ2n) is 6.60. The number of rotatable bonds is 5. The van der Waals surface area contributed by atoms with E-state index in [1.165, 1.54) is 19.3 Å². The first-order valence-electron chi connectivity index (χ1n) is 8.95. The number of carbonyl (C=O) groups is 3. The molecule has 0 aliphatic carbocycles. The number of carbonyl (C=O) groups excluding carboxylic acids is 2. The first kappa shape index (κ1) is 23.6. The predicted molar refractivity (Wildman–Crippen MR) is 116 cm³/mol. The van der Waals surface area contributed by atoms with Crippen molar-refractivity contribution < 1.29 is 32.6 Å². The van der Waals surface area contributed by atoms with Crippen molar-refractivity contribution in [2.45, 2.75) is 4.90 Å². The van der Waals surface area contributed by atoms with E-state index in [0.717, 1.165) is 18.2 Å². The van der Waals surface area contributed by atoms with Gasteiger partial charge in [0.25, 0.3) is 15.9 Å². The Morgan fingerprint density at radius 1 is 1.19 bits per heavy atom. The maximum absolute atomic E-state index is 13.2. The molecule has 1 aliphatic heterocycles. The Morgan fingerprint density at radius 3 is 2.56 bits per heavy atom. The molecule has 2 amide bonds. The van der Waals surface area contributed by atoms with Crippen LogP contribution < -0.4 is 10.1 Å². The van der Waals surface area contributed by atoms with Gasteiger partial charge in [0.2, 0.25) is 5.91 Å². The molecule has 2 aromatic carbocycles. The second-order valence-corrected chi connectivity index (χ2v) is 9.30.